The lowest BCUT2D eigenvalue weighted by molar-refractivity contribution is -0.147. The molecule has 0 aliphatic carbocycles. The van der Waals surface area contributed by atoms with Gasteiger partial charge in [0.15, 0.2) is 0 Å². The third-order valence-electron chi connectivity index (χ3n) is 2.43. The van der Waals surface area contributed by atoms with Gasteiger partial charge in [0.1, 0.15) is 19.3 Å². The van der Waals surface area contributed by atoms with Gasteiger partial charge in [0.25, 0.3) is 0 Å². The van der Waals surface area contributed by atoms with E-state index < -0.39 is 18.1 Å². The molecule has 0 aromatic rings. The summed E-state index contributed by atoms with van der Waals surface area (Å²) in [5.74, 6) is -0.405. The number of likely N-dealkylation sites (tertiary alicyclic amines) is 1. The molecule has 1 heterocycles. The molecule has 17 heavy (non-hydrogen) atoms. The number of rotatable bonds is 5. The van der Waals surface area contributed by atoms with Crippen LogP contribution in [0.5, 0.6) is 0 Å². The van der Waals surface area contributed by atoms with Crippen molar-refractivity contribution >= 4 is 12.1 Å². The second-order valence-electron chi connectivity index (χ2n) is 3.64. The lowest BCUT2D eigenvalue weighted by Crippen LogP contribution is -2.41. The second-order valence-corrected chi connectivity index (χ2v) is 3.64. The van der Waals surface area contributed by atoms with Crippen molar-refractivity contribution in [1.29, 1.82) is 0 Å². The fraction of sp³-hybridized carbons (Fsp3) is 0.500. The molecule has 0 radical (unpaired) electrons. The van der Waals surface area contributed by atoms with Crippen LogP contribution < -0.4 is 0 Å². The first kappa shape index (κ1) is 13.3. The van der Waals surface area contributed by atoms with E-state index in [2.05, 4.69) is 13.2 Å². The average molecular weight is 239 g/mol. The zero-order chi connectivity index (χ0) is 12.7. The van der Waals surface area contributed by atoms with Crippen molar-refractivity contribution in [3.05, 3.63) is 25.3 Å². The highest BCUT2D eigenvalue weighted by atomic mass is 16.6. The van der Waals surface area contributed by atoms with Crippen LogP contribution in [-0.4, -0.2) is 42.8 Å². The molecule has 0 N–H and O–H groups in total. The van der Waals surface area contributed by atoms with Gasteiger partial charge in [-0.1, -0.05) is 25.3 Å². The molecule has 1 saturated heterocycles. The van der Waals surface area contributed by atoms with Gasteiger partial charge in [0.05, 0.1) is 0 Å². The molecule has 5 nitrogen and oxygen atoms in total. The Bertz CT molecular complexity index is 284. The van der Waals surface area contributed by atoms with Crippen molar-refractivity contribution in [2.75, 3.05) is 19.8 Å². The molecular formula is C12H17NO4. The zero-order valence-electron chi connectivity index (χ0n) is 9.76. The second kappa shape index (κ2) is 6.73. The highest BCUT2D eigenvalue weighted by molar-refractivity contribution is 5.82. The van der Waals surface area contributed by atoms with E-state index in [0.717, 1.165) is 6.42 Å². The molecule has 0 aromatic heterocycles. The van der Waals surface area contributed by atoms with E-state index in [-0.39, 0.29) is 13.2 Å². The molecule has 1 fully saturated rings. The number of carbonyl (C=O) groups excluding carboxylic acids is 2. The van der Waals surface area contributed by atoms with Crippen LogP contribution in [0.25, 0.3) is 0 Å². The Morgan fingerprint density at radius 1 is 1.24 bits per heavy atom. The van der Waals surface area contributed by atoms with Crippen molar-refractivity contribution in [1.82, 2.24) is 4.90 Å². The lowest BCUT2D eigenvalue weighted by atomic mass is 10.2. The molecule has 0 bridgehead atoms. The molecule has 0 saturated carbocycles. The van der Waals surface area contributed by atoms with Gasteiger partial charge < -0.3 is 9.47 Å². The minimum atomic E-state index is -0.535. The smallest absolute Gasteiger partial charge is 0.410 e. The van der Waals surface area contributed by atoms with Crippen LogP contribution in [0.1, 0.15) is 12.8 Å². The van der Waals surface area contributed by atoms with E-state index in [1.807, 2.05) is 0 Å². The van der Waals surface area contributed by atoms with Gasteiger partial charge in [-0.2, -0.15) is 0 Å². The first-order chi connectivity index (χ1) is 8.20. The monoisotopic (exact) mass is 239 g/mol. The van der Waals surface area contributed by atoms with Crippen molar-refractivity contribution in [2.24, 2.45) is 0 Å². The normalized spacial score (nSPS) is 18.6. The zero-order valence-corrected chi connectivity index (χ0v) is 9.76. The summed E-state index contributed by atoms with van der Waals surface area (Å²) in [5.41, 5.74) is 0. The summed E-state index contributed by atoms with van der Waals surface area (Å²) in [5, 5.41) is 0. The third kappa shape index (κ3) is 3.62. The Morgan fingerprint density at radius 3 is 2.53 bits per heavy atom. The van der Waals surface area contributed by atoms with Crippen LogP contribution in [0.4, 0.5) is 4.79 Å². The molecule has 0 aromatic carbocycles. The molecular weight excluding hydrogens is 222 g/mol. The number of carbonyl (C=O) groups is 2. The molecule has 1 aliphatic heterocycles. The SMILES string of the molecule is C=CCOC(=O)C1CCCN1C(=O)OCC=C. The number of esters is 1. The van der Waals surface area contributed by atoms with Crippen molar-refractivity contribution in [3.8, 4) is 0 Å². The van der Waals surface area contributed by atoms with Crippen LogP contribution in [0.15, 0.2) is 25.3 Å². The fourth-order valence-electron chi connectivity index (χ4n) is 1.68. The minimum absolute atomic E-state index is 0.143. The number of amides is 1. The predicted molar refractivity (Wildman–Crippen MR) is 62.4 cm³/mol. The topological polar surface area (TPSA) is 55.8 Å². The molecule has 1 atom stereocenters. The first-order valence-corrected chi connectivity index (χ1v) is 5.52. The average Bonchev–Trinajstić information content (AvgIpc) is 2.82. The van der Waals surface area contributed by atoms with Crippen molar-refractivity contribution in [2.45, 2.75) is 18.9 Å². The number of ether oxygens (including phenoxy) is 2. The molecule has 1 aliphatic rings. The summed E-state index contributed by atoms with van der Waals surface area (Å²) < 4.78 is 9.83. The van der Waals surface area contributed by atoms with Crippen molar-refractivity contribution < 1.29 is 19.1 Å². The van der Waals surface area contributed by atoms with Gasteiger partial charge in [-0.25, -0.2) is 9.59 Å². The van der Waals surface area contributed by atoms with Gasteiger partial charge >= 0.3 is 12.1 Å². The molecule has 0 spiro atoms. The summed E-state index contributed by atoms with van der Waals surface area (Å²) >= 11 is 0. The van der Waals surface area contributed by atoms with Crippen LogP contribution in [0, 0.1) is 0 Å². The lowest BCUT2D eigenvalue weighted by Gasteiger charge is -2.21. The Balaban J connectivity index is 2.53. The van der Waals surface area contributed by atoms with Crippen LogP contribution in [0.3, 0.4) is 0 Å². The van der Waals surface area contributed by atoms with Gasteiger partial charge in [-0.15, -0.1) is 0 Å². The maximum atomic E-state index is 11.7. The summed E-state index contributed by atoms with van der Waals surface area (Å²) in [6.45, 7) is 7.73. The van der Waals surface area contributed by atoms with E-state index >= 15 is 0 Å². The van der Waals surface area contributed by atoms with E-state index in [1.54, 1.807) is 0 Å². The van der Waals surface area contributed by atoms with Crippen molar-refractivity contribution in [3.63, 3.8) is 0 Å². The molecule has 1 rings (SSSR count). The predicted octanol–water partition coefficient (Wildman–Crippen LogP) is 1.50. The molecule has 94 valence electrons. The van der Waals surface area contributed by atoms with Gasteiger partial charge in [-0.05, 0) is 12.8 Å². The van der Waals surface area contributed by atoms with Crippen LogP contribution in [-0.2, 0) is 14.3 Å². The van der Waals surface area contributed by atoms with E-state index in [9.17, 15) is 9.59 Å². The summed E-state index contributed by atoms with van der Waals surface area (Å²) in [4.78, 5) is 24.7. The quantitative estimate of drug-likeness (QED) is 0.539. The maximum absolute atomic E-state index is 11.7. The Hall–Kier alpha value is -1.78. The highest BCUT2D eigenvalue weighted by Gasteiger charge is 2.35. The molecule has 1 amide bonds. The van der Waals surface area contributed by atoms with Crippen LogP contribution >= 0.6 is 0 Å². The number of hydrogen-bond acceptors (Lipinski definition) is 4. The van der Waals surface area contributed by atoms with Crippen LogP contribution in [0.2, 0.25) is 0 Å². The summed E-state index contributed by atoms with van der Waals surface area (Å²) in [6, 6.07) is -0.535. The Morgan fingerprint density at radius 2 is 1.88 bits per heavy atom. The number of hydrogen-bond donors (Lipinski definition) is 0. The Kier molecular flexibility index (Phi) is 5.26. The largest absolute Gasteiger partial charge is 0.460 e. The van der Waals surface area contributed by atoms with E-state index in [4.69, 9.17) is 9.47 Å². The van der Waals surface area contributed by atoms with Gasteiger partial charge in [0.2, 0.25) is 0 Å². The number of nitrogens with zero attached hydrogens (tertiary/aromatic N) is 1. The minimum Gasteiger partial charge on any atom is -0.460 e. The summed E-state index contributed by atoms with van der Waals surface area (Å²) in [7, 11) is 0. The maximum Gasteiger partial charge on any atom is 0.410 e. The summed E-state index contributed by atoms with van der Waals surface area (Å²) in [6.07, 6.45) is 3.87. The first-order valence-electron chi connectivity index (χ1n) is 5.52. The molecule has 5 heteroatoms. The van der Waals surface area contributed by atoms with E-state index in [1.165, 1.54) is 17.1 Å². The highest BCUT2D eigenvalue weighted by Crippen LogP contribution is 2.19. The fourth-order valence-corrected chi connectivity index (χ4v) is 1.68. The van der Waals surface area contributed by atoms with Gasteiger partial charge in [0, 0.05) is 6.54 Å². The van der Waals surface area contributed by atoms with Gasteiger partial charge in [-0.3, -0.25) is 4.90 Å². The standard InChI is InChI=1S/C12H17NO4/c1-3-8-16-11(14)10-6-5-7-13(10)12(15)17-9-4-2/h3-4,10H,1-2,5-9H2. The third-order valence-corrected chi connectivity index (χ3v) is 2.43. The molecule has 1 unspecified atom stereocenters. The Labute approximate surface area is 101 Å². The van der Waals surface area contributed by atoms with E-state index in [0.29, 0.717) is 13.0 Å².